The zero-order valence-corrected chi connectivity index (χ0v) is 13.8. The van der Waals surface area contributed by atoms with Gasteiger partial charge in [0.2, 0.25) is 5.82 Å². The Kier molecular flexibility index (Phi) is 4.03. The van der Waals surface area contributed by atoms with Crippen LogP contribution in [0.1, 0.15) is 16.1 Å². The van der Waals surface area contributed by atoms with Gasteiger partial charge in [0, 0.05) is 11.9 Å². The highest BCUT2D eigenvalue weighted by atomic mass is 16.5. The number of aromatic nitrogens is 3. The zero-order chi connectivity index (χ0) is 17.9. The second kappa shape index (κ2) is 6.64. The van der Waals surface area contributed by atoms with Gasteiger partial charge in [-0.3, -0.25) is 9.78 Å². The summed E-state index contributed by atoms with van der Waals surface area (Å²) in [6.07, 6.45) is 3.07. The van der Waals surface area contributed by atoms with Crippen molar-refractivity contribution in [1.82, 2.24) is 15.1 Å². The van der Waals surface area contributed by atoms with Gasteiger partial charge >= 0.3 is 0 Å². The van der Waals surface area contributed by atoms with Crippen LogP contribution in [0.15, 0.2) is 69.9 Å². The number of pyridine rings is 1. The van der Waals surface area contributed by atoms with Crippen molar-refractivity contribution in [3.05, 3.63) is 72.2 Å². The zero-order valence-electron chi connectivity index (χ0n) is 13.8. The van der Waals surface area contributed by atoms with Gasteiger partial charge in [0.05, 0.1) is 23.1 Å². The minimum atomic E-state index is -0.268. The average molecular weight is 346 g/mol. The fourth-order valence-corrected chi connectivity index (χ4v) is 2.41. The van der Waals surface area contributed by atoms with Crippen molar-refractivity contribution in [2.75, 3.05) is 5.32 Å². The molecule has 4 rings (SSSR count). The summed E-state index contributed by atoms with van der Waals surface area (Å²) in [4.78, 5) is 21.0. The van der Waals surface area contributed by atoms with E-state index in [4.69, 9.17) is 8.94 Å². The van der Waals surface area contributed by atoms with Gasteiger partial charge in [0.1, 0.15) is 0 Å². The number of carbonyl (C=O) groups is 1. The number of aryl methyl sites for hydroxylation is 1. The molecule has 0 radical (unpaired) electrons. The topological polar surface area (TPSA) is 94.1 Å². The van der Waals surface area contributed by atoms with Crippen molar-refractivity contribution in [2.24, 2.45) is 0 Å². The molecule has 3 heterocycles. The largest absolute Gasteiger partial charge is 0.461 e. The van der Waals surface area contributed by atoms with Gasteiger partial charge in [-0.25, -0.2) is 0 Å². The van der Waals surface area contributed by atoms with Crippen molar-refractivity contribution in [1.29, 1.82) is 0 Å². The Balaban J connectivity index is 1.63. The molecule has 0 aliphatic rings. The Labute approximate surface area is 148 Å². The molecule has 0 aliphatic carbocycles. The van der Waals surface area contributed by atoms with Crippen LogP contribution in [0.5, 0.6) is 0 Å². The molecule has 1 aromatic carbocycles. The first-order valence-electron chi connectivity index (χ1n) is 7.92. The quantitative estimate of drug-likeness (QED) is 0.601. The molecule has 26 heavy (non-hydrogen) atoms. The molecule has 0 saturated heterocycles. The molecule has 0 bridgehead atoms. The highest BCUT2D eigenvalue weighted by Gasteiger charge is 2.17. The predicted octanol–water partition coefficient (Wildman–Crippen LogP) is 3.95. The maximum absolute atomic E-state index is 12.5. The van der Waals surface area contributed by atoms with Crippen LogP contribution in [0.25, 0.3) is 23.0 Å². The molecule has 128 valence electrons. The van der Waals surface area contributed by atoms with Crippen LogP contribution in [0.3, 0.4) is 0 Å². The molecule has 0 atom stereocenters. The van der Waals surface area contributed by atoms with Crippen LogP contribution in [0, 0.1) is 6.92 Å². The molecule has 0 fully saturated rings. The van der Waals surface area contributed by atoms with Gasteiger partial charge in [-0.15, -0.1) is 0 Å². The lowest BCUT2D eigenvalue weighted by Gasteiger charge is -2.08. The van der Waals surface area contributed by atoms with Gasteiger partial charge in [-0.2, -0.15) is 4.98 Å². The highest BCUT2D eigenvalue weighted by Crippen LogP contribution is 2.28. The molecule has 0 saturated carbocycles. The monoisotopic (exact) mass is 346 g/mol. The molecular formula is C19H14N4O3. The van der Waals surface area contributed by atoms with E-state index >= 15 is 0 Å². The number of carbonyl (C=O) groups excluding carboxylic acids is 1. The van der Waals surface area contributed by atoms with Crippen LogP contribution >= 0.6 is 0 Å². The summed E-state index contributed by atoms with van der Waals surface area (Å²) in [7, 11) is 0. The minimum absolute atomic E-state index is 0.268. The second-order valence-electron chi connectivity index (χ2n) is 5.59. The molecule has 4 aromatic rings. The third-order valence-corrected chi connectivity index (χ3v) is 3.75. The number of anilines is 1. The lowest BCUT2D eigenvalue weighted by atomic mass is 10.1. The number of para-hydroxylation sites is 1. The van der Waals surface area contributed by atoms with Crippen molar-refractivity contribution in [3.8, 4) is 23.0 Å². The number of nitrogens with zero attached hydrogens (tertiary/aromatic N) is 3. The van der Waals surface area contributed by atoms with Crippen molar-refractivity contribution in [2.45, 2.75) is 6.92 Å². The van der Waals surface area contributed by atoms with Crippen LogP contribution in [-0.2, 0) is 0 Å². The fraction of sp³-hybridized carbons (Fsp3) is 0.0526. The SMILES string of the molecule is Cc1ccc(C(=O)Nc2ccccc2-c2nc(-c3ccco3)no2)cn1. The van der Waals surface area contributed by atoms with Gasteiger partial charge < -0.3 is 14.3 Å². The van der Waals surface area contributed by atoms with Gasteiger partial charge in [0.25, 0.3) is 11.8 Å². The number of hydrogen-bond donors (Lipinski definition) is 1. The molecule has 7 heteroatoms. The Bertz CT molecular complexity index is 1040. The molecule has 0 aliphatic heterocycles. The third-order valence-electron chi connectivity index (χ3n) is 3.75. The Morgan fingerprint density at radius 1 is 1.08 bits per heavy atom. The van der Waals surface area contributed by atoms with Gasteiger partial charge in [-0.1, -0.05) is 17.3 Å². The van der Waals surface area contributed by atoms with Gasteiger partial charge in [-0.05, 0) is 43.3 Å². The van der Waals surface area contributed by atoms with E-state index in [-0.39, 0.29) is 11.8 Å². The number of amides is 1. The number of rotatable bonds is 4. The van der Waals surface area contributed by atoms with Crippen LogP contribution in [0.2, 0.25) is 0 Å². The maximum Gasteiger partial charge on any atom is 0.260 e. The lowest BCUT2D eigenvalue weighted by molar-refractivity contribution is 0.102. The first-order chi connectivity index (χ1) is 12.7. The summed E-state index contributed by atoms with van der Waals surface area (Å²) in [6.45, 7) is 1.86. The summed E-state index contributed by atoms with van der Waals surface area (Å²) in [5, 5.41) is 6.78. The van der Waals surface area contributed by atoms with Crippen molar-refractivity contribution in [3.63, 3.8) is 0 Å². The molecule has 1 amide bonds. The van der Waals surface area contributed by atoms with E-state index in [1.54, 1.807) is 36.4 Å². The normalized spacial score (nSPS) is 10.7. The fourth-order valence-electron chi connectivity index (χ4n) is 2.41. The van der Waals surface area contributed by atoms with Crippen LogP contribution < -0.4 is 5.32 Å². The Hall–Kier alpha value is -3.74. The highest BCUT2D eigenvalue weighted by molar-refractivity contribution is 6.05. The maximum atomic E-state index is 12.5. The molecule has 0 unspecified atom stereocenters. The average Bonchev–Trinajstić information content (AvgIpc) is 3.34. The summed E-state index contributed by atoms with van der Waals surface area (Å²) in [5.41, 5.74) is 2.49. The van der Waals surface area contributed by atoms with E-state index in [0.29, 0.717) is 28.4 Å². The first kappa shape index (κ1) is 15.8. The first-order valence-corrected chi connectivity index (χ1v) is 7.92. The van der Waals surface area contributed by atoms with E-state index < -0.39 is 0 Å². The third kappa shape index (κ3) is 3.10. The number of furan rings is 1. The lowest BCUT2D eigenvalue weighted by Crippen LogP contribution is -2.13. The second-order valence-corrected chi connectivity index (χ2v) is 5.59. The smallest absolute Gasteiger partial charge is 0.260 e. The van der Waals surface area contributed by atoms with E-state index in [1.165, 1.54) is 12.5 Å². The van der Waals surface area contributed by atoms with Gasteiger partial charge in [0.15, 0.2) is 5.76 Å². The summed E-state index contributed by atoms with van der Waals surface area (Å²) < 4.78 is 10.6. The van der Waals surface area contributed by atoms with Crippen molar-refractivity contribution >= 4 is 11.6 Å². The van der Waals surface area contributed by atoms with E-state index in [1.807, 2.05) is 19.1 Å². The van der Waals surface area contributed by atoms with Crippen LogP contribution in [-0.4, -0.2) is 21.0 Å². The number of nitrogens with one attached hydrogen (secondary N) is 1. The van der Waals surface area contributed by atoms with E-state index in [2.05, 4.69) is 20.4 Å². The minimum Gasteiger partial charge on any atom is -0.461 e. The number of benzene rings is 1. The molecule has 3 aromatic heterocycles. The molecule has 0 spiro atoms. The van der Waals surface area contributed by atoms with Crippen molar-refractivity contribution < 1.29 is 13.7 Å². The molecule has 1 N–H and O–H groups in total. The molecular weight excluding hydrogens is 332 g/mol. The predicted molar refractivity (Wildman–Crippen MR) is 94.4 cm³/mol. The summed E-state index contributed by atoms with van der Waals surface area (Å²) >= 11 is 0. The van der Waals surface area contributed by atoms with Crippen LogP contribution in [0.4, 0.5) is 5.69 Å². The summed E-state index contributed by atoms with van der Waals surface area (Å²) in [5.74, 6) is 0.867. The van der Waals surface area contributed by atoms with E-state index in [0.717, 1.165) is 5.69 Å². The Morgan fingerprint density at radius 3 is 2.73 bits per heavy atom. The number of hydrogen-bond acceptors (Lipinski definition) is 6. The Morgan fingerprint density at radius 2 is 1.96 bits per heavy atom. The summed E-state index contributed by atoms with van der Waals surface area (Å²) in [6, 6.07) is 14.2. The molecule has 7 nitrogen and oxygen atoms in total. The van der Waals surface area contributed by atoms with E-state index in [9.17, 15) is 4.79 Å². The standard InChI is InChI=1S/C19H14N4O3/c1-12-8-9-13(11-20-12)18(24)21-15-6-3-2-5-14(15)19-22-17(23-26-19)16-7-4-10-25-16/h2-11H,1H3,(H,21,24).